The van der Waals surface area contributed by atoms with E-state index >= 15 is 0 Å². The van der Waals surface area contributed by atoms with Crippen molar-refractivity contribution in [2.45, 2.75) is 15.2 Å². The van der Waals surface area contributed by atoms with Gasteiger partial charge >= 0.3 is 0 Å². The van der Waals surface area contributed by atoms with Crippen molar-refractivity contribution in [3.63, 3.8) is 0 Å². The lowest BCUT2D eigenvalue weighted by molar-refractivity contribution is 0.724. The summed E-state index contributed by atoms with van der Waals surface area (Å²) in [7, 11) is 0. The molecule has 1 aromatic heterocycles. The molecule has 246 valence electrons. The molecule has 0 bridgehead atoms. The fourth-order valence-electron chi connectivity index (χ4n) is 9.66. The normalized spacial score (nSPS) is 13.7. The Kier molecular flexibility index (Phi) is 5.98. The van der Waals surface area contributed by atoms with Crippen LogP contribution in [-0.2, 0) is 5.41 Å². The van der Waals surface area contributed by atoms with E-state index in [0.29, 0.717) is 0 Å². The molecule has 0 unspecified atom stereocenters. The van der Waals surface area contributed by atoms with E-state index in [2.05, 4.69) is 193 Å². The van der Waals surface area contributed by atoms with Crippen molar-refractivity contribution < 1.29 is 0 Å². The molecule has 2 heteroatoms. The van der Waals surface area contributed by atoms with Gasteiger partial charge in [0.05, 0.1) is 16.4 Å². The zero-order valence-corrected chi connectivity index (χ0v) is 29.6. The lowest BCUT2D eigenvalue weighted by Crippen LogP contribution is -2.32. The minimum Gasteiger partial charge on any atom is -0.309 e. The third-order valence-electron chi connectivity index (χ3n) is 11.8. The smallest absolute Gasteiger partial charge is 0.0736 e. The van der Waals surface area contributed by atoms with Crippen molar-refractivity contribution in [1.82, 2.24) is 4.57 Å². The van der Waals surface area contributed by atoms with Gasteiger partial charge in [0, 0.05) is 31.6 Å². The van der Waals surface area contributed by atoms with Gasteiger partial charge in [0.2, 0.25) is 0 Å². The molecule has 12 rings (SSSR count). The van der Waals surface area contributed by atoms with Crippen LogP contribution in [0, 0.1) is 0 Å². The van der Waals surface area contributed by atoms with Gasteiger partial charge < -0.3 is 4.57 Å². The Labute approximate surface area is 311 Å². The van der Waals surface area contributed by atoms with Crippen molar-refractivity contribution in [2.75, 3.05) is 0 Å². The highest BCUT2D eigenvalue weighted by Crippen LogP contribution is 2.62. The lowest BCUT2D eigenvalue weighted by Gasteiger charge is -2.39. The Morgan fingerprint density at radius 1 is 0.377 bits per heavy atom. The van der Waals surface area contributed by atoms with Crippen molar-refractivity contribution in [3.05, 3.63) is 210 Å². The number of rotatable bonds is 2. The first kappa shape index (κ1) is 29.3. The molecule has 9 aromatic carbocycles. The summed E-state index contributed by atoms with van der Waals surface area (Å²) < 4.78 is 2.53. The second kappa shape index (κ2) is 10.8. The van der Waals surface area contributed by atoms with Crippen molar-refractivity contribution in [1.29, 1.82) is 0 Å². The fraction of sp³-hybridized carbons (Fsp3) is 0.0196. The van der Waals surface area contributed by atoms with E-state index < -0.39 is 5.41 Å². The summed E-state index contributed by atoms with van der Waals surface area (Å²) in [5, 5.41) is 7.61. The molecule has 1 spiro atoms. The van der Waals surface area contributed by atoms with Crippen LogP contribution in [0.4, 0.5) is 0 Å². The Morgan fingerprint density at radius 2 is 0.981 bits per heavy atom. The molecule has 0 N–H and O–H groups in total. The Bertz CT molecular complexity index is 3100. The summed E-state index contributed by atoms with van der Waals surface area (Å²) in [5.41, 5.74) is 13.8. The summed E-state index contributed by atoms with van der Waals surface area (Å²) in [6, 6.07) is 70.3. The van der Waals surface area contributed by atoms with Crippen molar-refractivity contribution in [2.24, 2.45) is 0 Å². The maximum Gasteiger partial charge on any atom is 0.0736 e. The van der Waals surface area contributed by atoms with Gasteiger partial charge in [-0.05, 0) is 91.0 Å². The first-order valence-corrected chi connectivity index (χ1v) is 19.2. The van der Waals surface area contributed by atoms with Gasteiger partial charge in [-0.1, -0.05) is 169 Å². The topological polar surface area (TPSA) is 4.93 Å². The summed E-state index contributed by atoms with van der Waals surface area (Å²) >= 11 is 1.92. The van der Waals surface area contributed by atoms with E-state index in [-0.39, 0.29) is 0 Å². The predicted octanol–water partition coefficient (Wildman–Crippen LogP) is 13.6. The standard InChI is InChI=1S/C51H31NS/c1-3-15-36-32(12-1)14-11-19-37(36)34-24-27-35(28-25-34)52-47-31-46-49(30-42(47)41-29-26-33-13-2-4-16-38(33)50(41)52)53-48-23-10-9-22-45(48)51(46)43-20-7-5-17-39(43)40-18-6-8-21-44(40)51/h1-31H. The van der Waals surface area contributed by atoms with Crippen LogP contribution >= 0.6 is 11.8 Å². The van der Waals surface area contributed by atoms with E-state index in [1.165, 1.54) is 97.6 Å². The second-order valence-electron chi connectivity index (χ2n) is 14.4. The number of hydrogen-bond donors (Lipinski definition) is 0. The van der Waals surface area contributed by atoms with Crippen LogP contribution in [0.25, 0.3) is 71.3 Å². The quantitative estimate of drug-likeness (QED) is 0.175. The molecule has 0 saturated heterocycles. The Morgan fingerprint density at radius 3 is 1.75 bits per heavy atom. The Hall–Kier alpha value is -6.35. The number of hydrogen-bond acceptors (Lipinski definition) is 1. The lowest BCUT2D eigenvalue weighted by atomic mass is 9.67. The van der Waals surface area contributed by atoms with Crippen LogP contribution in [0.2, 0.25) is 0 Å². The number of fused-ring (bicyclic) bond motifs is 15. The Balaban J connectivity index is 1.19. The molecule has 0 atom stereocenters. The average molecular weight is 690 g/mol. The van der Waals surface area contributed by atoms with Crippen molar-refractivity contribution in [3.8, 4) is 27.9 Å². The first-order chi connectivity index (χ1) is 26.3. The molecule has 0 radical (unpaired) electrons. The van der Waals surface area contributed by atoms with Crippen LogP contribution in [0.5, 0.6) is 0 Å². The minimum atomic E-state index is -0.430. The monoisotopic (exact) mass is 689 g/mol. The predicted molar refractivity (Wildman–Crippen MR) is 223 cm³/mol. The summed E-state index contributed by atoms with van der Waals surface area (Å²) in [6.07, 6.45) is 0. The molecule has 2 heterocycles. The van der Waals surface area contributed by atoms with E-state index in [1.807, 2.05) is 11.8 Å². The fourth-order valence-corrected chi connectivity index (χ4v) is 10.9. The van der Waals surface area contributed by atoms with Gasteiger partial charge in [0.15, 0.2) is 0 Å². The molecule has 2 aliphatic rings. The number of benzene rings is 9. The van der Waals surface area contributed by atoms with E-state index in [1.54, 1.807) is 0 Å². The van der Waals surface area contributed by atoms with E-state index in [4.69, 9.17) is 0 Å². The molecular weight excluding hydrogens is 659 g/mol. The largest absolute Gasteiger partial charge is 0.309 e. The second-order valence-corrected chi connectivity index (χ2v) is 15.5. The highest BCUT2D eigenvalue weighted by atomic mass is 32.2. The molecule has 0 fully saturated rings. The first-order valence-electron chi connectivity index (χ1n) is 18.3. The maximum absolute atomic E-state index is 2.54. The molecule has 53 heavy (non-hydrogen) atoms. The van der Waals surface area contributed by atoms with Gasteiger partial charge in [0.1, 0.15) is 0 Å². The van der Waals surface area contributed by atoms with Gasteiger partial charge in [-0.15, -0.1) is 0 Å². The van der Waals surface area contributed by atoms with Gasteiger partial charge in [-0.25, -0.2) is 0 Å². The molecule has 1 nitrogen and oxygen atoms in total. The maximum atomic E-state index is 2.54. The van der Waals surface area contributed by atoms with Crippen LogP contribution in [0.3, 0.4) is 0 Å². The summed E-state index contributed by atoms with van der Waals surface area (Å²) in [6.45, 7) is 0. The van der Waals surface area contributed by atoms with Crippen LogP contribution < -0.4 is 0 Å². The van der Waals surface area contributed by atoms with Gasteiger partial charge in [-0.2, -0.15) is 0 Å². The third kappa shape index (κ3) is 3.88. The summed E-state index contributed by atoms with van der Waals surface area (Å²) in [4.78, 5) is 2.64. The highest BCUT2D eigenvalue weighted by Gasteiger charge is 2.50. The summed E-state index contributed by atoms with van der Waals surface area (Å²) in [5.74, 6) is 0. The SMILES string of the molecule is c1ccc2c(c1)Sc1cc3c4ccc5ccccc5c4n(-c4ccc(-c5cccc6ccccc56)cc4)c3cc1C21c2ccccc2-c2ccccc21. The number of nitrogens with zero attached hydrogens (tertiary/aromatic N) is 1. The zero-order valence-electron chi connectivity index (χ0n) is 28.8. The van der Waals surface area contributed by atoms with Gasteiger partial charge in [0.25, 0.3) is 0 Å². The zero-order chi connectivity index (χ0) is 34.7. The van der Waals surface area contributed by atoms with E-state index in [0.717, 1.165) is 5.69 Å². The molecule has 1 aliphatic carbocycles. The van der Waals surface area contributed by atoms with Crippen molar-refractivity contribution >= 4 is 55.1 Å². The molecular formula is C51H31NS. The van der Waals surface area contributed by atoms with E-state index in [9.17, 15) is 0 Å². The van der Waals surface area contributed by atoms with Crippen LogP contribution in [0.15, 0.2) is 198 Å². The number of aromatic nitrogens is 1. The highest BCUT2D eigenvalue weighted by molar-refractivity contribution is 7.99. The van der Waals surface area contributed by atoms with Gasteiger partial charge in [-0.3, -0.25) is 0 Å². The molecule has 0 amide bonds. The third-order valence-corrected chi connectivity index (χ3v) is 13.0. The minimum absolute atomic E-state index is 0.430. The average Bonchev–Trinajstić information content (AvgIpc) is 3.71. The molecule has 1 aliphatic heterocycles. The molecule has 0 saturated carbocycles. The van der Waals surface area contributed by atoms with Crippen LogP contribution in [-0.4, -0.2) is 4.57 Å². The molecule has 10 aromatic rings. The van der Waals surface area contributed by atoms with Crippen LogP contribution in [0.1, 0.15) is 22.3 Å².